The molecular formula is C20H24BrN4+. The molecule has 0 aromatic heterocycles. The van der Waals surface area contributed by atoms with Gasteiger partial charge in [-0.05, 0) is 17.5 Å². The lowest BCUT2D eigenvalue weighted by atomic mass is 10.1. The van der Waals surface area contributed by atoms with Crippen molar-refractivity contribution in [1.82, 2.24) is 14.7 Å². The summed E-state index contributed by atoms with van der Waals surface area (Å²) in [5.74, 6) is 3.13. The van der Waals surface area contributed by atoms with E-state index in [4.69, 9.17) is 0 Å². The molecule has 4 nitrogen and oxygen atoms in total. The minimum Gasteiger partial charge on any atom is -0.350 e. The van der Waals surface area contributed by atoms with Crippen molar-refractivity contribution >= 4 is 21.5 Å². The SMILES string of the molecule is BrC(=C1c2ccccc21)[N+]12CCCN3CCN4CCCN(CC1)C4=C32. The highest BCUT2D eigenvalue weighted by molar-refractivity contribution is 9.11. The zero-order valence-electron chi connectivity index (χ0n) is 14.5. The average Bonchev–Trinajstić information content (AvgIpc) is 3.40. The normalized spacial score (nSPS) is 29.5. The molecule has 2 saturated heterocycles. The summed E-state index contributed by atoms with van der Waals surface area (Å²) in [6, 6.07) is 8.87. The van der Waals surface area contributed by atoms with Crippen LogP contribution in [0.2, 0.25) is 0 Å². The summed E-state index contributed by atoms with van der Waals surface area (Å²) < 4.78 is 2.44. The predicted molar refractivity (Wildman–Crippen MR) is 102 cm³/mol. The molecule has 4 aliphatic heterocycles. The van der Waals surface area contributed by atoms with E-state index in [1.165, 1.54) is 86.5 Å². The molecule has 0 radical (unpaired) electrons. The molecule has 5 aliphatic rings. The molecule has 1 aromatic carbocycles. The van der Waals surface area contributed by atoms with Crippen molar-refractivity contribution in [2.45, 2.75) is 12.8 Å². The molecule has 1 atom stereocenters. The van der Waals surface area contributed by atoms with E-state index in [0.29, 0.717) is 0 Å². The van der Waals surface area contributed by atoms with Gasteiger partial charge in [0, 0.05) is 55.1 Å². The zero-order valence-corrected chi connectivity index (χ0v) is 16.1. The van der Waals surface area contributed by atoms with Crippen LogP contribution in [0.1, 0.15) is 24.0 Å². The highest BCUT2D eigenvalue weighted by Crippen LogP contribution is 2.53. The van der Waals surface area contributed by atoms with Gasteiger partial charge in [-0.15, -0.1) is 0 Å². The van der Waals surface area contributed by atoms with E-state index in [1.807, 2.05) is 0 Å². The number of rotatable bonds is 1. The van der Waals surface area contributed by atoms with Crippen LogP contribution < -0.4 is 0 Å². The topological polar surface area (TPSA) is 9.72 Å². The van der Waals surface area contributed by atoms with Gasteiger partial charge in [-0.3, -0.25) is 0 Å². The first kappa shape index (κ1) is 14.7. The Labute approximate surface area is 157 Å². The molecule has 0 spiro atoms. The maximum absolute atomic E-state index is 4.12. The minimum atomic E-state index is 1.03. The standard InChI is InChI=1S/C20H24BrN4/c21-18(17-15-5-1-2-6-16(15)17)25-13-4-9-24-11-10-22-7-3-8-23(12-14-25)19(22)20(24)25/h1-2,5-6H,3-4,7-14H2/q+1. The van der Waals surface area contributed by atoms with Gasteiger partial charge < -0.3 is 14.7 Å². The molecule has 6 rings (SSSR count). The van der Waals surface area contributed by atoms with Gasteiger partial charge in [-0.2, -0.15) is 0 Å². The summed E-state index contributed by atoms with van der Waals surface area (Å²) in [6.45, 7) is 9.69. The highest BCUT2D eigenvalue weighted by Gasteiger charge is 2.54. The van der Waals surface area contributed by atoms with E-state index in [-0.39, 0.29) is 0 Å². The van der Waals surface area contributed by atoms with Gasteiger partial charge in [0.2, 0.25) is 0 Å². The number of fused-ring (bicyclic) bond motifs is 1. The lowest BCUT2D eigenvalue weighted by Crippen LogP contribution is -2.67. The third-order valence-corrected chi connectivity index (χ3v) is 7.78. The maximum Gasteiger partial charge on any atom is 0.251 e. The van der Waals surface area contributed by atoms with Gasteiger partial charge in [0.15, 0.2) is 10.4 Å². The first-order chi connectivity index (χ1) is 12.3. The van der Waals surface area contributed by atoms with Crippen molar-refractivity contribution in [1.29, 1.82) is 0 Å². The minimum absolute atomic E-state index is 1.03. The Balaban J connectivity index is 1.55. The first-order valence-electron chi connectivity index (χ1n) is 9.66. The number of hydrogen-bond acceptors (Lipinski definition) is 3. The van der Waals surface area contributed by atoms with Crippen molar-refractivity contribution in [2.24, 2.45) is 0 Å². The number of hydrogen-bond donors (Lipinski definition) is 0. The van der Waals surface area contributed by atoms with Gasteiger partial charge in [-0.25, -0.2) is 4.48 Å². The Morgan fingerprint density at radius 2 is 1.48 bits per heavy atom. The molecule has 4 heterocycles. The Hall–Kier alpha value is -1.46. The molecule has 0 saturated carbocycles. The second-order valence-corrected chi connectivity index (χ2v) is 8.69. The molecule has 0 amide bonds. The van der Waals surface area contributed by atoms with E-state index >= 15 is 0 Å². The summed E-state index contributed by atoms with van der Waals surface area (Å²) in [5.41, 5.74) is 4.37. The van der Waals surface area contributed by atoms with Crippen LogP contribution in [0.5, 0.6) is 0 Å². The number of quaternary nitrogens is 1. The summed E-state index contributed by atoms with van der Waals surface area (Å²) in [6.07, 6.45) is 2.60. The van der Waals surface area contributed by atoms with Crippen LogP contribution in [0, 0.1) is 0 Å². The Morgan fingerprint density at radius 1 is 0.800 bits per heavy atom. The molecule has 5 heteroatoms. The predicted octanol–water partition coefficient (Wildman–Crippen LogP) is 2.80. The molecule has 0 N–H and O–H groups in total. The van der Waals surface area contributed by atoms with E-state index in [9.17, 15) is 0 Å². The van der Waals surface area contributed by atoms with Crippen molar-refractivity contribution in [3.8, 4) is 0 Å². The average molecular weight is 400 g/mol. The Morgan fingerprint density at radius 3 is 2.28 bits per heavy atom. The number of nitrogens with zero attached hydrogens (tertiary/aromatic N) is 4. The van der Waals surface area contributed by atoms with Crippen molar-refractivity contribution in [3.05, 3.63) is 51.6 Å². The molecule has 0 bridgehead atoms. The first-order valence-corrected chi connectivity index (χ1v) is 10.5. The lowest BCUT2D eigenvalue weighted by Gasteiger charge is -2.57. The van der Waals surface area contributed by atoms with Crippen molar-refractivity contribution < 1.29 is 4.48 Å². The fourth-order valence-electron chi connectivity index (χ4n) is 5.49. The van der Waals surface area contributed by atoms with Crippen LogP contribution in [0.4, 0.5) is 0 Å². The second kappa shape index (κ2) is 5.04. The second-order valence-electron chi connectivity index (χ2n) is 7.94. The van der Waals surface area contributed by atoms with Crippen LogP contribution in [-0.4, -0.2) is 71.5 Å². The van der Waals surface area contributed by atoms with Crippen LogP contribution in [0.3, 0.4) is 0 Å². The third kappa shape index (κ3) is 1.86. The van der Waals surface area contributed by atoms with E-state index < -0.39 is 0 Å². The maximum atomic E-state index is 4.12. The number of benzene rings is 1. The highest BCUT2D eigenvalue weighted by atomic mass is 79.9. The summed E-state index contributed by atoms with van der Waals surface area (Å²) in [4.78, 5) is 8.03. The van der Waals surface area contributed by atoms with E-state index in [0.717, 1.165) is 4.48 Å². The zero-order chi connectivity index (χ0) is 16.6. The molecule has 1 aliphatic carbocycles. The molecule has 130 valence electrons. The summed E-state index contributed by atoms with van der Waals surface area (Å²) in [7, 11) is 0. The monoisotopic (exact) mass is 399 g/mol. The van der Waals surface area contributed by atoms with Crippen LogP contribution in [0.15, 0.2) is 40.5 Å². The summed E-state index contributed by atoms with van der Waals surface area (Å²) in [5, 5.41) is 0. The Kier molecular flexibility index (Phi) is 2.96. The molecule has 25 heavy (non-hydrogen) atoms. The quantitative estimate of drug-likeness (QED) is 0.539. The van der Waals surface area contributed by atoms with E-state index in [1.54, 1.807) is 11.6 Å². The molecular weight excluding hydrogens is 376 g/mol. The van der Waals surface area contributed by atoms with Crippen LogP contribution >= 0.6 is 15.9 Å². The third-order valence-electron chi connectivity index (χ3n) is 6.70. The van der Waals surface area contributed by atoms with Crippen molar-refractivity contribution in [3.63, 3.8) is 0 Å². The van der Waals surface area contributed by atoms with Crippen molar-refractivity contribution in [2.75, 3.05) is 52.4 Å². The Bertz CT molecular complexity index is 796. The molecule has 1 unspecified atom stereocenters. The van der Waals surface area contributed by atoms with E-state index in [2.05, 4.69) is 54.9 Å². The van der Waals surface area contributed by atoms with Gasteiger partial charge in [0.25, 0.3) is 5.82 Å². The molecule has 1 aromatic rings. The largest absolute Gasteiger partial charge is 0.350 e. The molecule has 2 fully saturated rings. The smallest absolute Gasteiger partial charge is 0.251 e. The van der Waals surface area contributed by atoms with Gasteiger partial charge in [0.05, 0.1) is 18.7 Å². The fourth-order valence-corrected chi connectivity index (χ4v) is 6.44. The lowest BCUT2D eigenvalue weighted by molar-refractivity contribution is -0.864. The van der Waals surface area contributed by atoms with Crippen LogP contribution in [0.25, 0.3) is 5.57 Å². The summed E-state index contributed by atoms with van der Waals surface area (Å²) >= 11 is 4.12. The van der Waals surface area contributed by atoms with Gasteiger partial charge in [-0.1, -0.05) is 24.3 Å². The van der Waals surface area contributed by atoms with Crippen LogP contribution in [-0.2, 0) is 0 Å². The van der Waals surface area contributed by atoms with Gasteiger partial charge >= 0.3 is 0 Å². The number of halogens is 1. The van der Waals surface area contributed by atoms with Gasteiger partial charge in [0.1, 0.15) is 6.54 Å². The fraction of sp³-hybridized carbons (Fsp3) is 0.500.